The second-order valence-electron chi connectivity index (χ2n) is 5.90. The van der Waals surface area contributed by atoms with E-state index in [2.05, 4.69) is 4.90 Å². The maximum absolute atomic E-state index is 12.6. The minimum Gasteiger partial charge on any atom is -0.480 e. The maximum atomic E-state index is 12.6. The highest BCUT2D eigenvalue weighted by atomic mass is 19.4. The molecule has 2 rings (SSSR count). The molecule has 0 saturated carbocycles. The number of piperazine rings is 1. The fourth-order valence-electron chi connectivity index (χ4n) is 3.01. The largest absolute Gasteiger partial charge is 0.480 e. The Morgan fingerprint density at radius 2 is 1.91 bits per heavy atom. The Balaban J connectivity index is 2.23. The van der Waals surface area contributed by atoms with Crippen molar-refractivity contribution in [1.29, 1.82) is 0 Å². The van der Waals surface area contributed by atoms with Crippen molar-refractivity contribution in [2.45, 2.75) is 31.6 Å². The standard InChI is InChI=1S/C16H21F3N2O2/c1-3-13-10-21(9-8-20(13)2)14(15(22)23)11-4-6-12(7-5-11)16(17,18)19/h4-7,13-14H,3,8-10H2,1-2H3,(H,22,23). The first-order valence-electron chi connectivity index (χ1n) is 7.58. The molecule has 1 aliphatic rings. The Kier molecular flexibility index (Phi) is 5.31. The van der Waals surface area contributed by atoms with Crippen LogP contribution < -0.4 is 0 Å². The van der Waals surface area contributed by atoms with Crippen LogP contribution in [0.4, 0.5) is 13.2 Å². The first-order chi connectivity index (χ1) is 10.7. The molecule has 23 heavy (non-hydrogen) atoms. The van der Waals surface area contributed by atoms with Gasteiger partial charge >= 0.3 is 12.1 Å². The number of carboxylic acid groups (broad SMARTS) is 1. The number of aliphatic carboxylic acids is 1. The molecular weight excluding hydrogens is 309 g/mol. The fraction of sp³-hybridized carbons (Fsp3) is 0.562. The number of alkyl halides is 3. The molecular formula is C16H21F3N2O2. The predicted octanol–water partition coefficient (Wildman–Crippen LogP) is 2.86. The molecule has 1 heterocycles. The van der Waals surface area contributed by atoms with Crippen molar-refractivity contribution in [3.8, 4) is 0 Å². The molecule has 4 nitrogen and oxygen atoms in total. The van der Waals surface area contributed by atoms with E-state index in [4.69, 9.17) is 0 Å². The second kappa shape index (κ2) is 6.88. The zero-order chi connectivity index (χ0) is 17.2. The highest BCUT2D eigenvalue weighted by Crippen LogP contribution is 2.31. The van der Waals surface area contributed by atoms with Crippen molar-refractivity contribution < 1.29 is 23.1 Å². The summed E-state index contributed by atoms with van der Waals surface area (Å²) in [6, 6.07) is 3.75. The Bertz CT molecular complexity index is 545. The van der Waals surface area contributed by atoms with Gasteiger partial charge in [-0.3, -0.25) is 9.69 Å². The molecule has 0 spiro atoms. The van der Waals surface area contributed by atoms with Crippen molar-refractivity contribution >= 4 is 5.97 Å². The van der Waals surface area contributed by atoms with Crippen LogP contribution in [0.3, 0.4) is 0 Å². The number of likely N-dealkylation sites (N-methyl/N-ethyl adjacent to an activating group) is 1. The van der Waals surface area contributed by atoms with Crippen molar-refractivity contribution in [3.05, 3.63) is 35.4 Å². The summed E-state index contributed by atoms with van der Waals surface area (Å²) in [6.45, 7) is 3.94. The molecule has 0 amide bonds. The van der Waals surface area contributed by atoms with Gasteiger partial charge < -0.3 is 10.0 Å². The lowest BCUT2D eigenvalue weighted by Gasteiger charge is -2.41. The highest BCUT2D eigenvalue weighted by molar-refractivity contribution is 5.75. The molecule has 0 radical (unpaired) electrons. The van der Waals surface area contributed by atoms with E-state index in [-0.39, 0.29) is 6.04 Å². The van der Waals surface area contributed by atoms with Gasteiger partial charge in [0, 0.05) is 25.7 Å². The van der Waals surface area contributed by atoms with E-state index in [0.29, 0.717) is 18.7 Å². The smallest absolute Gasteiger partial charge is 0.416 e. The van der Waals surface area contributed by atoms with Crippen molar-refractivity contribution in [2.24, 2.45) is 0 Å². The van der Waals surface area contributed by atoms with Crippen molar-refractivity contribution in [2.75, 3.05) is 26.7 Å². The van der Waals surface area contributed by atoms with Crippen LogP contribution in [0, 0.1) is 0 Å². The number of nitrogens with zero attached hydrogens (tertiary/aromatic N) is 2. The molecule has 1 aromatic carbocycles. The minimum absolute atomic E-state index is 0.250. The summed E-state index contributed by atoms with van der Waals surface area (Å²) in [4.78, 5) is 15.7. The molecule has 1 fully saturated rings. The molecule has 0 bridgehead atoms. The maximum Gasteiger partial charge on any atom is 0.416 e. The lowest BCUT2D eigenvalue weighted by Crippen LogP contribution is -2.53. The summed E-state index contributed by atoms with van der Waals surface area (Å²) in [5.74, 6) is -1.04. The van der Waals surface area contributed by atoms with E-state index in [9.17, 15) is 23.1 Å². The molecule has 1 N–H and O–H groups in total. The van der Waals surface area contributed by atoms with Gasteiger partial charge in [0.05, 0.1) is 5.56 Å². The van der Waals surface area contributed by atoms with Crippen LogP contribution in [0.15, 0.2) is 24.3 Å². The number of benzene rings is 1. The van der Waals surface area contributed by atoms with Crippen LogP contribution in [-0.2, 0) is 11.0 Å². The minimum atomic E-state index is -4.42. The number of carbonyl (C=O) groups is 1. The molecule has 0 aliphatic carbocycles. The first kappa shape index (κ1) is 17.7. The van der Waals surface area contributed by atoms with Gasteiger partial charge in [0.1, 0.15) is 6.04 Å². The van der Waals surface area contributed by atoms with Gasteiger partial charge in [-0.1, -0.05) is 19.1 Å². The van der Waals surface area contributed by atoms with Crippen molar-refractivity contribution in [3.63, 3.8) is 0 Å². The van der Waals surface area contributed by atoms with E-state index in [1.54, 1.807) is 0 Å². The molecule has 1 saturated heterocycles. The second-order valence-corrected chi connectivity index (χ2v) is 5.90. The number of carboxylic acids is 1. The van der Waals surface area contributed by atoms with Gasteiger partial charge in [-0.05, 0) is 31.2 Å². The number of hydrogen-bond acceptors (Lipinski definition) is 3. The number of rotatable bonds is 4. The third-order valence-electron chi connectivity index (χ3n) is 4.43. The highest BCUT2D eigenvalue weighted by Gasteiger charge is 2.34. The molecule has 2 unspecified atom stereocenters. The van der Waals surface area contributed by atoms with Crippen LogP contribution in [0.1, 0.15) is 30.5 Å². The molecule has 2 atom stereocenters. The van der Waals surface area contributed by atoms with Gasteiger partial charge in [0.25, 0.3) is 0 Å². The zero-order valence-electron chi connectivity index (χ0n) is 13.2. The Hall–Kier alpha value is -1.60. The predicted molar refractivity (Wildman–Crippen MR) is 80.1 cm³/mol. The Morgan fingerprint density at radius 1 is 1.30 bits per heavy atom. The molecule has 0 aromatic heterocycles. The van der Waals surface area contributed by atoms with Gasteiger partial charge in [0.15, 0.2) is 0 Å². The summed E-state index contributed by atoms with van der Waals surface area (Å²) >= 11 is 0. The van der Waals surface area contributed by atoms with Gasteiger partial charge in [-0.25, -0.2) is 0 Å². The Morgan fingerprint density at radius 3 is 2.39 bits per heavy atom. The van der Waals surface area contributed by atoms with E-state index >= 15 is 0 Å². The summed E-state index contributed by atoms with van der Waals surface area (Å²) in [5.41, 5.74) is -0.389. The first-order valence-corrected chi connectivity index (χ1v) is 7.58. The van der Waals surface area contributed by atoms with E-state index in [1.807, 2.05) is 18.9 Å². The van der Waals surface area contributed by atoms with Crippen molar-refractivity contribution in [1.82, 2.24) is 9.80 Å². The van der Waals surface area contributed by atoms with Gasteiger partial charge in [-0.2, -0.15) is 13.2 Å². The van der Waals surface area contributed by atoms with E-state index in [1.165, 1.54) is 12.1 Å². The average Bonchev–Trinajstić information content (AvgIpc) is 2.48. The summed E-state index contributed by atoms with van der Waals surface area (Å²) in [7, 11) is 2.00. The summed E-state index contributed by atoms with van der Waals surface area (Å²) in [6.07, 6.45) is -3.52. The van der Waals surface area contributed by atoms with Crippen LogP contribution in [0.2, 0.25) is 0 Å². The van der Waals surface area contributed by atoms with Crippen LogP contribution in [-0.4, -0.2) is 53.6 Å². The lowest BCUT2D eigenvalue weighted by molar-refractivity contribution is -0.144. The SMILES string of the molecule is CCC1CN(C(C(=O)O)c2ccc(C(F)(F)F)cc2)CCN1C. The van der Waals surface area contributed by atoms with E-state index in [0.717, 1.165) is 25.1 Å². The number of hydrogen-bond donors (Lipinski definition) is 1. The zero-order valence-corrected chi connectivity index (χ0v) is 13.2. The summed E-state index contributed by atoms with van der Waals surface area (Å²) in [5, 5.41) is 9.56. The monoisotopic (exact) mass is 330 g/mol. The van der Waals surface area contributed by atoms with Gasteiger partial charge in [-0.15, -0.1) is 0 Å². The average molecular weight is 330 g/mol. The van der Waals surface area contributed by atoms with Crippen LogP contribution in [0.5, 0.6) is 0 Å². The summed E-state index contributed by atoms with van der Waals surface area (Å²) < 4.78 is 37.9. The van der Waals surface area contributed by atoms with Gasteiger partial charge in [0.2, 0.25) is 0 Å². The van der Waals surface area contributed by atoms with E-state index < -0.39 is 23.8 Å². The molecule has 1 aromatic rings. The lowest BCUT2D eigenvalue weighted by atomic mass is 10.0. The Labute approximate surface area is 133 Å². The van der Waals surface area contributed by atoms with Crippen LogP contribution in [0.25, 0.3) is 0 Å². The fourth-order valence-corrected chi connectivity index (χ4v) is 3.01. The topological polar surface area (TPSA) is 43.8 Å². The third kappa shape index (κ3) is 4.03. The normalized spacial score (nSPS) is 22.0. The van der Waals surface area contributed by atoms with Crippen LogP contribution >= 0.6 is 0 Å². The third-order valence-corrected chi connectivity index (χ3v) is 4.43. The molecule has 1 aliphatic heterocycles. The molecule has 7 heteroatoms. The number of halogens is 3. The molecule has 128 valence electrons. The quantitative estimate of drug-likeness (QED) is 0.922.